The van der Waals surface area contributed by atoms with Crippen molar-refractivity contribution in [3.63, 3.8) is 0 Å². The minimum absolute atomic E-state index is 0.0303. The summed E-state index contributed by atoms with van der Waals surface area (Å²) in [6.45, 7) is 0.219. The molecule has 4 aromatic rings. The molecule has 29 heavy (non-hydrogen) atoms. The molecule has 0 amide bonds. The van der Waals surface area contributed by atoms with Gasteiger partial charge in [-0.15, -0.1) is 0 Å². The molecular weight excluding hydrogens is 372 g/mol. The van der Waals surface area contributed by atoms with E-state index in [1.165, 1.54) is 0 Å². The monoisotopic (exact) mass is 390 g/mol. The molecule has 0 saturated heterocycles. The molecule has 0 aliphatic heterocycles. The quantitative estimate of drug-likeness (QED) is 0.365. The Kier molecular flexibility index (Phi) is 5.04. The number of nitrogens with zero attached hydrogens (tertiary/aromatic N) is 3. The van der Waals surface area contributed by atoms with Gasteiger partial charge in [-0.3, -0.25) is 0 Å². The van der Waals surface area contributed by atoms with E-state index < -0.39 is 5.63 Å². The lowest BCUT2D eigenvalue weighted by Crippen LogP contribution is -2.12. The molecule has 9 nitrogen and oxygen atoms in total. The summed E-state index contributed by atoms with van der Waals surface area (Å²) in [6, 6.07) is 16.5. The van der Waals surface area contributed by atoms with Crippen molar-refractivity contribution in [2.24, 2.45) is 0 Å². The number of anilines is 4. The zero-order chi connectivity index (χ0) is 20.2. The van der Waals surface area contributed by atoms with Crippen molar-refractivity contribution >= 4 is 34.5 Å². The van der Waals surface area contributed by atoms with Crippen LogP contribution >= 0.6 is 0 Å². The van der Waals surface area contributed by atoms with Gasteiger partial charge in [-0.2, -0.15) is 15.0 Å². The summed E-state index contributed by atoms with van der Waals surface area (Å²) in [5.74, 6) is 0.497. The standard InChI is InChI=1S/C20H18N6O3/c21-18-24-19(22-8-9-27)26-20(25-18)23-14-7-6-13-10-15(12-4-2-1-3-5-12)17(28)29-16(13)11-14/h1-7,10-11,27H,8-9H2,(H4,21,22,23,24,25,26). The summed E-state index contributed by atoms with van der Waals surface area (Å²) < 4.78 is 5.51. The maximum atomic E-state index is 12.4. The number of hydrogen-bond acceptors (Lipinski definition) is 9. The molecule has 0 bridgehead atoms. The number of nitrogens with one attached hydrogen (secondary N) is 2. The Morgan fingerprint density at radius 3 is 2.59 bits per heavy atom. The lowest BCUT2D eigenvalue weighted by molar-refractivity contribution is 0.311. The molecule has 0 spiro atoms. The molecule has 0 aliphatic rings. The van der Waals surface area contributed by atoms with Crippen molar-refractivity contribution in [1.82, 2.24) is 15.0 Å². The second-order valence-corrected chi connectivity index (χ2v) is 6.18. The highest BCUT2D eigenvalue weighted by atomic mass is 16.4. The number of fused-ring (bicyclic) bond motifs is 1. The lowest BCUT2D eigenvalue weighted by Gasteiger charge is -2.09. The number of rotatable bonds is 6. The van der Waals surface area contributed by atoms with E-state index in [9.17, 15) is 4.79 Å². The van der Waals surface area contributed by atoms with Crippen molar-refractivity contribution < 1.29 is 9.52 Å². The second-order valence-electron chi connectivity index (χ2n) is 6.18. The fourth-order valence-electron chi connectivity index (χ4n) is 2.83. The average Bonchev–Trinajstić information content (AvgIpc) is 2.72. The summed E-state index contributed by atoms with van der Waals surface area (Å²) in [5.41, 5.74) is 7.64. The molecule has 2 aromatic carbocycles. The van der Waals surface area contributed by atoms with Gasteiger partial charge in [0.15, 0.2) is 0 Å². The summed E-state index contributed by atoms with van der Waals surface area (Å²) in [4.78, 5) is 24.6. The first-order chi connectivity index (χ1) is 14.1. The number of aliphatic hydroxyl groups excluding tert-OH is 1. The van der Waals surface area contributed by atoms with Crippen LogP contribution in [0.15, 0.2) is 63.8 Å². The van der Waals surface area contributed by atoms with Crippen LogP contribution in [0.25, 0.3) is 22.1 Å². The third-order valence-electron chi connectivity index (χ3n) is 4.12. The highest BCUT2D eigenvalue weighted by Crippen LogP contribution is 2.24. The molecule has 0 radical (unpaired) electrons. The fourth-order valence-corrected chi connectivity index (χ4v) is 2.83. The highest BCUT2D eigenvalue weighted by Gasteiger charge is 2.09. The number of nitrogens with two attached hydrogens (primary N) is 1. The Hall–Kier alpha value is -3.98. The molecule has 0 atom stereocenters. The Morgan fingerprint density at radius 2 is 1.79 bits per heavy atom. The molecule has 0 fully saturated rings. The Morgan fingerprint density at radius 1 is 1.00 bits per heavy atom. The Bertz CT molecular complexity index is 1210. The maximum Gasteiger partial charge on any atom is 0.344 e. The van der Waals surface area contributed by atoms with Gasteiger partial charge in [-0.05, 0) is 23.8 Å². The largest absolute Gasteiger partial charge is 0.422 e. The van der Waals surface area contributed by atoms with E-state index in [1.807, 2.05) is 42.5 Å². The van der Waals surface area contributed by atoms with Crippen molar-refractivity contribution in [3.8, 4) is 11.1 Å². The van der Waals surface area contributed by atoms with Gasteiger partial charge in [0.25, 0.3) is 0 Å². The molecule has 0 unspecified atom stereocenters. The lowest BCUT2D eigenvalue weighted by atomic mass is 10.1. The predicted molar refractivity (Wildman–Crippen MR) is 111 cm³/mol. The summed E-state index contributed by atoms with van der Waals surface area (Å²) in [6.07, 6.45) is 0. The number of aromatic nitrogens is 3. The van der Waals surface area contributed by atoms with E-state index in [0.717, 1.165) is 10.9 Å². The van der Waals surface area contributed by atoms with Gasteiger partial charge in [-0.1, -0.05) is 30.3 Å². The van der Waals surface area contributed by atoms with Gasteiger partial charge >= 0.3 is 5.63 Å². The van der Waals surface area contributed by atoms with Gasteiger partial charge in [0.2, 0.25) is 17.8 Å². The van der Waals surface area contributed by atoms with Crippen LogP contribution in [0.5, 0.6) is 0 Å². The number of nitrogen functional groups attached to an aromatic ring is 1. The van der Waals surface area contributed by atoms with Gasteiger partial charge in [0, 0.05) is 23.7 Å². The Labute approximate surface area is 165 Å². The van der Waals surface area contributed by atoms with E-state index in [4.69, 9.17) is 15.3 Å². The van der Waals surface area contributed by atoms with Crippen molar-refractivity contribution in [2.75, 3.05) is 29.5 Å². The fraction of sp³-hybridized carbons (Fsp3) is 0.100. The van der Waals surface area contributed by atoms with Crippen molar-refractivity contribution in [1.29, 1.82) is 0 Å². The SMILES string of the molecule is Nc1nc(NCCO)nc(Nc2ccc3cc(-c4ccccc4)c(=O)oc3c2)n1. The summed E-state index contributed by atoms with van der Waals surface area (Å²) in [5, 5.41) is 15.5. The summed E-state index contributed by atoms with van der Waals surface area (Å²) >= 11 is 0. The van der Waals surface area contributed by atoms with Crippen LogP contribution in [0.2, 0.25) is 0 Å². The molecule has 2 heterocycles. The third-order valence-corrected chi connectivity index (χ3v) is 4.12. The van der Waals surface area contributed by atoms with Crippen LogP contribution in [0.1, 0.15) is 0 Å². The number of aliphatic hydroxyl groups is 1. The minimum atomic E-state index is -0.416. The van der Waals surface area contributed by atoms with Crippen LogP contribution in [0.4, 0.5) is 23.5 Å². The zero-order valence-electron chi connectivity index (χ0n) is 15.3. The summed E-state index contributed by atoms with van der Waals surface area (Å²) in [7, 11) is 0. The molecule has 4 rings (SSSR count). The smallest absolute Gasteiger partial charge is 0.344 e. The van der Waals surface area contributed by atoms with Crippen LogP contribution in [-0.2, 0) is 0 Å². The van der Waals surface area contributed by atoms with Gasteiger partial charge in [0.05, 0.1) is 12.2 Å². The number of benzene rings is 2. The molecule has 5 N–H and O–H groups in total. The second kappa shape index (κ2) is 7.95. The first-order valence-electron chi connectivity index (χ1n) is 8.89. The van der Waals surface area contributed by atoms with E-state index in [0.29, 0.717) is 16.8 Å². The van der Waals surface area contributed by atoms with E-state index in [2.05, 4.69) is 25.6 Å². The van der Waals surface area contributed by atoms with Gasteiger partial charge in [0.1, 0.15) is 5.58 Å². The van der Waals surface area contributed by atoms with Crippen LogP contribution < -0.4 is 22.0 Å². The van der Waals surface area contributed by atoms with Crippen LogP contribution in [0, 0.1) is 0 Å². The molecular formula is C20H18N6O3. The first-order valence-corrected chi connectivity index (χ1v) is 8.89. The molecule has 2 aromatic heterocycles. The molecule has 9 heteroatoms. The Balaban J connectivity index is 1.65. The molecule has 146 valence electrons. The van der Waals surface area contributed by atoms with Gasteiger partial charge in [-0.25, -0.2) is 4.79 Å². The van der Waals surface area contributed by atoms with E-state index in [1.54, 1.807) is 12.1 Å². The topological polar surface area (TPSA) is 139 Å². The average molecular weight is 390 g/mol. The van der Waals surface area contributed by atoms with Crippen LogP contribution in [-0.4, -0.2) is 33.2 Å². The van der Waals surface area contributed by atoms with Crippen molar-refractivity contribution in [2.45, 2.75) is 0 Å². The van der Waals surface area contributed by atoms with E-state index >= 15 is 0 Å². The van der Waals surface area contributed by atoms with Crippen molar-refractivity contribution in [3.05, 3.63) is 65.0 Å². The predicted octanol–water partition coefficient (Wildman–Crippen LogP) is 2.38. The number of hydrogen-bond donors (Lipinski definition) is 4. The highest BCUT2D eigenvalue weighted by molar-refractivity contribution is 5.84. The van der Waals surface area contributed by atoms with E-state index in [-0.39, 0.29) is 31.0 Å². The molecule has 0 aliphatic carbocycles. The molecule has 0 saturated carbocycles. The third kappa shape index (κ3) is 4.14. The minimum Gasteiger partial charge on any atom is -0.422 e. The van der Waals surface area contributed by atoms with Gasteiger partial charge < -0.3 is 25.9 Å². The van der Waals surface area contributed by atoms with Crippen LogP contribution in [0.3, 0.4) is 0 Å². The normalized spacial score (nSPS) is 10.8. The zero-order valence-corrected chi connectivity index (χ0v) is 15.3. The first kappa shape index (κ1) is 18.4. The maximum absolute atomic E-state index is 12.4.